The Kier molecular flexibility index (Phi) is 4.80. The first-order valence-electron chi connectivity index (χ1n) is 5.66. The molecular formula is C12H10BrN3O3S. The van der Waals surface area contributed by atoms with Crippen LogP contribution in [-0.2, 0) is 4.74 Å². The molecule has 2 aromatic rings. The van der Waals surface area contributed by atoms with Crippen LogP contribution in [0, 0.1) is 0 Å². The number of carbonyl (C=O) groups is 2. The molecule has 104 valence electrons. The molecule has 0 aliphatic heterocycles. The van der Waals surface area contributed by atoms with Crippen LogP contribution in [0.2, 0.25) is 0 Å². The Morgan fingerprint density at radius 2 is 2.30 bits per heavy atom. The number of esters is 1. The van der Waals surface area contributed by atoms with Gasteiger partial charge in [-0.1, -0.05) is 0 Å². The van der Waals surface area contributed by atoms with Crippen molar-refractivity contribution in [3.63, 3.8) is 0 Å². The van der Waals surface area contributed by atoms with Crippen LogP contribution in [0.5, 0.6) is 0 Å². The molecule has 2 heterocycles. The zero-order chi connectivity index (χ0) is 14.5. The summed E-state index contributed by atoms with van der Waals surface area (Å²) in [6, 6.07) is 3.50. The Bertz CT molecular complexity index is 644. The summed E-state index contributed by atoms with van der Waals surface area (Å²) in [4.78, 5) is 31.4. The second-order valence-electron chi connectivity index (χ2n) is 3.55. The molecule has 0 aliphatic carbocycles. The van der Waals surface area contributed by atoms with Crippen molar-refractivity contribution in [2.75, 3.05) is 11.9 Å². The van der Waals surface area contributed by atoms with Crippen molar-refractivity contribution < 1.29 is 14.3 Å². The summed E-state index contributed by atoms with van der Waals surface area (Å²) >= 11 is 4.34. The molecule has 0 aliphatic rings. The van der Waals surface area contributed by atoms with Crippen LogP contribution >= 0.6 is 27.3 Å². The SMILES string of the molecule is CCOC(=O)c1nc(C(=O)Nc2ncccc2Br)cs1. The van der Waals surface area contributed by atoms with E-state index in [0.717, 1.165) is 11.3 Å². The van der Waals surface area contributed by atoms with Crippen molar-refractivity contribution in [2.24, 2.45) is 0 Å². The molecule has 0 saturated heterocycles. The van der Waals surface area contributed by atoms with Gasteiger partial charge in [-0.2, -0.15) is 0 Å². The average molecular weight is 356 g/mol. The fourth-order valence-electron chi connectivity index (χ4n) is 1.31. The van der Waals surface area contributed by atoms with Crippen molar-refractivity contribution >= 4 is 45.0 Å². The molecule has 2 rings (SSSR count). The Morgan fingerprint density at radius 1 is 1.50 bits per heavy atom. The van der Waals surface area contributed by atoms with Gasteiger partial charge in [0.05, 0.1) is 11.1 Å². The summed E-state index contributed by atoms with van der Waals surface area (Å²) in [5.41, 5.74) is 0.149. The van der Waals surface area contributed by atoms with Crippen LogP contribution in [0.15, 0.2) is 28.2 Å². The van der Waals surface area contributed by atoms with Gasteiger partial charge in [0.15, 0.2) is 0 Å². The second kappa shape index (κ2) is 6.58. The average Bonchev–Trinajstić information content (AvgIpc) is 2.91. The highest BCUT2D eigenvalue weighted by atomic mass is 79.9. The summed E-state index contributed by atoms with van der Waals surface area (Å²) in [6.45, 7) is 1.97. The summed E-state index contributed by atoms with van der Waals surface area (Å²) in [5, 5.41) is 4.25. The molecule has 0 bridgehead atoms. The number of amides is 1. The van der Waals surface area contributed by atoms with Crippen LogP contribution < -0.4 is 5.32 Å². The topological polar surface area (TPSA) is 81.2 Å². The number of hydrogen-bond acceptors (Lipinski definition) is 6. The molecule has 6 nitrogen and oxygen atoms in total. The number of anilines is 1. The van der Waals surface area contributed by atoms with Crippen LogP contribution in [0.3, 0.4) is 0 Å². The number of nitrogens with zero attached hydrogens (tertiary/aromatic N) is 2. The zero-order valence-electron chi connectivity index (χ0n) is 10.4. The monoisotopic (exact) mass is 355 g/mol. The fraction of sp³-hybridized carbons (Fsp3) is 0.167. The van der Waals surface area contributed by atoms with E-state index in [1.807, 2.05) is 0 Å². The third-order valence-electron chi connectivity index (χ3n) is 2.18. The van der Waals surface area contributed by atoms with Crippen molar-refractivity contribution in [2.45, 2.75) is 6.92 Å². The number of rotatable bonds is 4. The van der Waals surface area contributed by atoms with E-state index in [2.05, 4.69) is 31.2 Å². The van der Waals surface area contributed by atoms with Gasteiger partial charge in [0.2, 0.25) is 5.01 Å². The van der Waals surface area contributed by atoms with Crippen molar-refractivity contribution in [3.05, 3.63) is 38.9 Å². The highest BCUT2D eigenvalue weighted by Crippen LogP contribution is 2.19. The molecule has 0 saturated carbocycles. The number of thiazole rings is 1. The van der Waals surface area contributed by atoms with E-state index in [9.17, 15) is 9.59 Å². The van der Waals surface area contributed by atoms with Gasteiger partial charge in [-0.15, -0.1) is 11.3 Å². The molecule has 8 heteroatoms. The van der Waals surface area contributed by atoms with Gasteiger partial charge in [0.1, 0.15) is 11.5 Å². The van der Waals surface area contributed by atoms with Crippen molar-refractivity contribution in [1.29, 1.82) is 0 Å². The molecular weight excluding hydrogens is 346 g/mol. The number of pyridine rings is 1. The molecule has 2 aromatic heterocycles. The molecule has 1 N–H and O–H groups in total. The number of hydrogen-bond donors (Lipinski definition) is 1. The lowest BCUT2D eigenvalue weighted by molar-refractivity contribution is 0.0526. The standard InChI is InChI=1S/C12H10BrN3O3S/c1-2-19-12(18)11-15-8(6-20-11)10(17)16-9-7(13)4-3-5-14-9/h3-6H,2H2,1H3,(H,14,16,17). The van der Waals surface area contributed by atoms with E-state index in [1.54, 1.807) is 25.3 Å². The third kappa shape index (κ3) is 3.40. The number of ether oxygens (including phenoxy) is 1. The molecule has 0 spiro atoms. The van der Waals surface area contributed by atoms with E-state index >= 15 is 0 Å². The normalized spacial score (nSPS) is 10.1. The van der Waals surface area contributed by atoms with Crippen LogP contribution in [0.1, 0.15) is 27.2 Å². The first-order chi connectivity index (χ1) is 9.61. The highest BCUT2D eigenvalue weighted by molar-refractivity contribution is 9.10. The molecule has 0 fully saturated rings. The lowest BCUT2D eigenvalue weighted by atomic mass is 10.4. The maximum absolute atomic E-state index is 12.0. The lowest BCUT2D eigenvalue weighted by Gasteiger charge is -2.03. The summed E-state index contributed by atoms with van der Waals surface area (Å²) in [7, 11) is 0. The minimum Gasteiger partial charge on any atom is -0.461 e. The van der Waals surface area contributed by atoms with Gasteiger partial charge in [0, 0.05) is 11.6 Å². The van der Waals surface area contributed by atoms with Crippen LogP contribution in [-0.4, -0.2) is 28.5 Å². The molecule has 1 amide bonds. The van der Waals surface area contributed by atoms with Gasteiger partial charge in [-0.3, -0.25) is 4.79 Å². The number of halogens is 1. The van der Waals surface area contributed by atoms with E-state index < -0.39 is 11.9 Å². The van der Waals surface area contributed by atoms with Gasteiger partial charge in [-0.25, -0.2) is 14.8 Å². The second-order valence-corrected chi connectivity index (χ2v) is 5.26. The largest absolute Gasteiger partial charge is 0.461 e. The predicted octanol–water partition coefficient (Wildman–Crippen LogP) is 2.73. The number of aromatic nitrogens is 2. The Hall–Kier alpha value is -1.80. The van der Waals surface area contributed by atoms with Gasteiger partial charge in [0.25, 0.3) is 5.91 Å². The first-order valence-corrected chi connectivity index (χ1v) is 7.33. The van der Waals surface area contributed by atoms with Gasteiger partial charge >= 0.3 is 5.97 Å². The molecule has 20 heavy (non-hydrogen) atoms. The molecule has 0 atom stereocenters. The van der Waals surface area contributed by atoms with Gasteiger partial charge < -0.3 is 10.1 Å². The van der Waals surface area contributed by atoms with E-state index in [-0.39, 0.29) is 17.3 Å². The number of nitrogens with one attached hydrogen (secondary N) is 1. The summed E-state index contributed by atoms with van der Waals surface area (Å²) in [5.74, 6) is -0.574. The third-order valence-corrected chi connectivity index (χ3v) is 3.64. The summed E-state index contributed by atoms with van der Waals surface area (Å²) < 4.78 is 5.48. The van der Waals surface area contributed by atoms with E-state index in [1.165, 1.54) is 5.38 Å². The zero-order valence-corrected chi connectivity index (χ0v) is 12.8. The summed E-state index contributed by atoms with van der Waals surface area (Å²) in [6.07, 6.45) is 1.56. The van der Waals surface area contributed by atoms with Crippen LogP contribution in [0.4, 0.5) is 5.82 Å². The van der Waals surface area contributed by atoms with Crippen molar-refractivity contribution in [1.82, 2.24) is 9.97 Å². The minimum atomic E-state index is -0.532. The lowest BCUT2D eigenvalue weighted by Crippen LogP contribution is -2.14. The molecule has 0 aromatic carbocycles. The molecule has 0 unspecified atom stereocenters. The van der Waals surface area contributed by atoms with Gasteiger partial charge in [-0.05, 0) is 35.0 Å². The van der Waals surface area contributed by atoms with E-state index in [0.29, 0.717) is 10.3 Å². The smallest absolute Gasteiger partial charge is 0.367 e. The Morgan fingerprint density at radius 3 is 3.00 bits per heavy atom. The van der Waals surface area contributed by atoms with E-state index in [4.69, 9.17) is 4.74 Å². The quantitative estimate of drug-likeness (QED) is 0.852. The maximum atomic E-state index is 12.0. The van der Waals surface area contributed by atoms with Crippen LogP contribution in [0.25, 0.3) is 0 Å². The first kappa shape index (κ1) is 14.6. The maximum Gasteiger partial charge on any atom is 0.367 e. The molecule has 0 radical (unpaired) electrons. The Labute approximate surface area is 127 Å². The highest BCUT2D eigenvalue weighted by Gasteiger charge is 2.17. The van der Waals surface area contributed by atoms with Crippen molar-refractivity contribution in [3.8, 4) is 0 Å². The minimum absolute atomic E-state index is 0.149. The Balaban J connectivity index is 2.11. The number of carbonyl (C=O) groups excluding carboxylic acids is 2. The fourth-order valence-corrected chi connectivity index (χ4v) is 2.36. The predicted molar refractivity (Wildman–Crippen MR) is 78.0 cm³/mol.